The Labute approximate surface area is 121 Å². The van der Waals surface area contributed by atoms with Crippen LogP contribution < -0.4 is 0 Å². The summed E-state index contributed by atoms with van der Waals surface area (Å²) in [6, 6.07) is 0. The largest absolute Gasteiger partial charge is 0.480 e. The highest BCUT2D eigenvalue weighted by molar-refractivity contribution is 5.99. The van der Waals surface area contributed by atoms with Gasteiger partial charge in [0.2, 0.25) is 0 Å². The third kappa shape index (κ3) is 3.84. The van der Waals surface area contributed by atoms with Gasteiger partial charge in [-0.2, -0.15) is 0 Å². The van der Waals surface area contributed by atoms with Crippen LogP contribution in [0.15, 0.2) is 12.2 Å². The van der Waals surface area contributed by atoms with Gasteiger partial charge in [0.05, 0.1) is 0 Å². The molecule has 0 saturated carbocycles. The summed E-state index contributed by atoms with van der Waals surface area (Å²) >= 11 is 0. The molecule has 0 aliphatic carbocycles. The molecule has 0 aliphatic rings. The number of hydrogen-bond donors (Lipinski definition) is 2. The smallest absolute Gasteiger partial charge is 0.321 e. The summed E-state index contributed by atoms with van der Waals surface area (Å²) in [5.74, 6) is -3.38. The number of allylic oxidation sites excluding steroid dienone is 2. The quantitative estimate of drug-likeness (QED) is 0.498. The fraction of sp³-hybridized carbons (Fsp3) is 0.750. The number of carboxylic acid groups (broad SMARTS) is 2. The number of unbranched alkanes of at least 4 members (excludes halogenated alkanes) is 1. The second kappa shape index (κ2) is 8.08. The molecule has 0 unspecified atom stereocenters. The monoisotopic (exact) mass is 284 g/mol. The van der Waals surface area contributed by atoms with E-state index in [-0.39, 0.29) is 5.92 Å². The third-order valence-electron chi connectivity index (χ3n) is 4.02. The van der Waals surface area contributed by atoms with Gasteiger partial charge in [-0.1, -0.05) is 53.2 Å². The van der Waals surface area contributed by atoms with Gasteiger partial charge in [0.15, 0.2) is 5.41 Å². The number of hydrogen-bond acceptors (Lipinski definition) is 2. The van der Waals surface area contributed by atoms with Crippen LogP contribution in [0.4, 0.5) is 0 Å². The molecule has 0 spiro atoms. The maximum absolute atomic E-state index is 11.7. The lowest BCUT2D eigenvalue weighted by Crippen LogP contribution is -2.51. The average Bonchev–Trinajstić information content (AvgIpc) is 2.31. The molecule has 0 aromatic rings. The Bertz CT molecular complexity index is 341. The molecule has 0 aliphatic heterocycles. The van der Waals surface area contributed by atoms with Gasteiger partial charge >= 0.3 is 11.9 Å². The zero-order valence-corrected chi connectivity index (χ0v) is 13.2. The van der Waals surface area contributed by atoms with Gasteiger partial charge in [0, 0.05) is 0 Å². The molecule has 4 heteroatoms. The van der Waals surface area contributed by atoms with E-state index < -0.39 is 29.2 Å². The van der Waals surface area contributed by atoms with Gasteiger partial charge in [-0.3, -0.25) is 9.59 Å². The first kappa shape index (κ1) is 18.7. The van der Waals surface area contributed by atoms with Crippen LogP contribution in [-0.4, -0.2) is 22.2 Å². The van der Waals surface area contributed by atoms with Crippen LogP contribution in [0, 0.1) is 23.2 Å². The average molecular weight is 284 g/mol. The summed E-state index contributed by atoms with van der Waals surface area (Å²) < 4.78 is 0. The third-order valence-corrected chi connectivity index (χ3v) is 4.02. The zero-order valence-electron chi connectivity index (χ0n) is 13.2. The van der Waals surface area contributed by atoms with E-state index in [1.807, 2.05) is 26.0 Å². The van der Waals surface area contributed by atoms with Crippen LogP contribution in [0.1, 0.15) is 53.9 Å². The Hall–Kier alpha value is -1.32. The van der Waals surface area contributed by atoms with Crippen molar-refractivity contribution in [1.29, 1.82) is 0 Å². The molecule has 1 atom stereocenters. The van der Waals surface area contributed by atoms with E-state index in [9.17, 15) is 19.8 Å². The molecule has 0 aromatic carbocycles. The van der Waals surface area contributed by atoms with Crippen LogP contribution >= 0.6 is 0 Å². The molecule has 0 fully saturated rings. The molecular formula is C16H28O4. The summed E-state index contributed by atoms with van der Waals surface area (Å²) in [5, 5.41) is 19.2. The van der Waals surface area contributed by atoms with Crippen molar-refractivity contribution in [1.82, 2.24) is 0 Å². The molecule has 0 heterocycles. The van der Waals surface area contributed by atoms with E-state index in [4.69, 9.17) is 0 Å². The Balaban J connectivity index is 5.55. The van der Waals surface area contributed by atoms with Crippen LogP contribution in [0.2, 0.25) is 0 Å². The lowest BCUT2D eigenvalue weighted by Gasteiger charge is -2.38. The van der Waals surface area contributed by atoms with Crippen molar-refractivity contribution in [2.45, 2.75) is 53.9 Å². The standard InChI is InChI=1S/C16H28O4/c1-6-7-8-9-10-13(11(2)3)16(12(4)5,14(17)18)15(19)20/h8-9,11-13H,6-7,10H2,1-5H3,(H,17,18)(H,19,20)/t13-/m0/s1. The summed E-state index contributed by atoms with van der Waals surface area (Å²) in [6.07, 6.45) is 6.37. The molecule has 0 radical (unpaired) electrons. The number of carboxylic acids is 2. The van der Waals surface area contributed by atoms with E-state index in [2.05, 4.69) is 6.92 Å². The van der Waals surface area contributed by atoms with Crippen LogP contribution in [0.5, 0.6) is 0 Å². The first-order valence-electron chi connectivity index (χ1n) is 7.34. The molecule has 0 rings (SSSR count). The SMILES string of the molecule is CCCC=CC[C@@H](C(C)C)C(C(=O)O)(C(=O)O)C(C)C. The maximum atomic E-state index is 11.7. The topological polar surface area (TPSA) is 74.6 Å². The second-order valence-electron chi connectivity index (χ2n) is 5.98. The molecule has 0 amide bonds. The van der Waals surface area contributed by atoms with Gasteiger partial charge < -0.3 is 10.2 Å². The highest BCUT2D eigenvalue weighted by Gasteiger charge is 2.55. The van der Waals surface area contributed by atoms with Crippen molar-refractivity contribution in [3.05, 3.63) is 12.2 Å². The fourth-order valence-electron chi connectivity index (χ4n) is 2.84. The van der Waals surface area contributed by atoms with Crippen molar-refractivity contribution in [2.24, 2.45) is 23.2 Å². The zero-order chi connectivity index (χ0) is 15.9. The van der Waals surface area contributed by atoms with Gasteiger partial charge in [-0.05, 0) is 30.6 Å². The molecule has 0 bridgehead atoms. The van der Waals surface area contributed by atoms with E-state index in [1.54, 1.807) is 13.8 Å². The number of aliphatic carboxylic acids is 2. The van der Waals surface area contributed by atoms with Crippen molar-refractivity contribution >= 4 is 11.9 Å². The predicted octanol–water partition coefficient (Wildman–Crippen LogP) is 3.82. The van der Waals surface area contributed by atoms with Gasteiger partial charge in [0.1, 0.15) is 0 Å². The Kier molecular flexibility index (Phi) is 7.54. The van der Waals surface area contributed by atoms with E-state index in [0.717, 1.165) is 12.8 Å². The summed E-state index contributed by atoms with van der Waals surface area (Å²) in [7, 11) is 0. The predicted molar refractivity (Wildman–Crippen MR) is 79.5 cm³/mol. The minimum Gasteiger partial charge on any atom is -0.480 e. The van der Waals surface area contributed by atoms with Gasteiger partial charge in [0.25, 0.3) is 0 Å². The minimum atomic E-state index is -1.73. The number of rotatable bonds is 9. The van der Waals surface area contributed by atoms with Crippen molar-refractivity contribution in [3.63, 3.8) is 0 Å². The van der Waals surface area contributed by atoms with E-state index >= 15 is 0 Å². The van der Waals surface area contributed by atoms with Crippen molar-refractivity contribution < 1.29 is 19.8 Å². The molecule has 4 nitrogen and oxygen atoms in total. The fourth-order valence-corrected chi connectivity index (χ4v) is 2.84. The summed E-state index contributed by atoms with van der Waals surface area (Å²) in [5.41, 5.74) is -1.73. The Morgan fingerprint density at radius 3 is 1.85 bits per heavy atom. The molecule has 2 N–H and O–H groups in total. The lowest BCUT2D eigenvalue weighted by molar-refractivity contribution is -0.175. The molecule has 0 saturated heterocycles. The first-order valence-corrected chi connectivity index (χ1v) is 7.34. The van der Waals surface area contributed by atoms with Gasteiger partial charge in [-0.15, -0.1) is 0 Å². The summed E-state index contributed by atoms with van der Waals surface area (Å²) in [6.45, 7) is 9.20. The lowest BCUT2D eigenvalue weighted by atomic mass is 9.62. The van der Waals surface area contributed by atoms with E-state index in [0.29, 0.717) is 6.42 Å². The minimum absolute atomic E-state index is 0.0177. The molecule has 0 aromatic heterocycles. The van der Waals surface area contributed by atoms with Gasteiger partial charge in [-0.25, -0.2) is 0 Å². The Morgan fingerprint density at radius 2 is 1.55 bits per heavy atom. The van der Waals surface area contributed by atoms with Crippen LogP contribution in [-0.2, 0) is 9.59 Å². The van der Waals surface area contributed by atoms with Crippen LogP contribution in [0.3, 0.4) is 0 Å². The number of carbonyl (C=O) groups is 2. The van der Waals surface area contributed by atoms with Crippen molar-refractivity contribution in [3.8, 4) is 0 Å². The molecule has 20 heavy (non-hydrogen) atoms. The second-order valence-corrected chi connectivity index (χ2v) is 5.98. The normalized spacial score (nSPS) is 14.2. The summed E-state index contributed by atoms with van der Waals surface area (Å²) in [4.78, 5) is 23.5. The molecule has 116 valence electrons. The van der Waals surface area contributed by atoms with E-state index in [1.165, 1.54) is 0 Å². The first-order chi connectivity index (χ1) is 9.22. The highest BCUT2D eigenvalue weighted by atomic mass is 16.4. The highest BCUT2D eigenvalue weighted by Crippen LogP contribution is 2.43. The Morgan fingerprint density at radius 1 is 1.05 bits per heavy atom. The molecular weight excluding hydrogens is 256 g/mol. The van der Waals surface area contributed by atoms with Crippen molar-refractivity contribution in [2.75, 3.05) is 0 Å². The van der Waals surface area contributed by atoms with Crippen LogP contribution in [0.25, 0.3) is 0 Å². The maximum Gasteiger partial charge on any atom is 0.321 e.